The number of hydrogen-bond acceptors (Lipinski definition) is 6. The molecule has 0 heterocycles. The fourth-order valence-corrected chi connectivity index (χ4v) is 2.94. The summed E-state index contributed by atoms with van der Waals surface area (Å²) in [5, 5.41) is -1.01. The zero-order chi connectivity index (χ0) is 15.6. The van der Waals surface area contributed by atoms with Gasteiger partial charge in [-0.25, -0.2) is 8.42 Å². The number of ketones is 1. The Labute approximate surface area is 115 Å². The Balaban J connectivity index is 3.24. The summed E-state index contributed by atoms with van der Waals surface area (Å²) in [4.78, 5) is 13.2. The van der Waals surface area contributed by atoms with E-state index >= 15 is 0 Å². The van der Waals surface area contributed by atoms with Gasteiger partial charge in [-0.2, -0.15) is 8.42 Å². The number of benzene rings is 1. The molecule has 0 spiro atoms. The minimum Gasteiger partial charge on any atom is -0.383 e. The van der Waals surface area contributed by atoms with Gasteiger partial charge in [0.05, 0.1) is 11.2 Å². The fourth-order valence-electron chi connectivity index (χ4n) is 1.27. The molecule has 0 aliphatic rings. The van der Waals surface area contributed by atoms with E-state index in [4.69, 9.17) is 5.53 Å². The average Bonchev–Trinajstić information content (AvgIpc) is 2.27. The van der Waals surface area contributed by atoms with Gasteiger partial charge in [-0.05, 0) is 24.3 Å². The molecule has 108 valence electrons. The number of sulfone groups is 1. The smallest absolute Gasteiger partial charge is 0.383 e. The third-order valence-electron chi connectivity index (χ3n) is 2.03. The maximum atomic E-state index is 11.9. The number of hydrogen-bond donors (Lipinski definition) is 0. The standard InChI is InChI=1S/C10H10N2O6S2/c1-7(13)10(12-11)20(16,17)9-5-3-8(4-6-9)18-19(2,14)15/h3-6H,1-2H3. The van der Waals surface area contributed by atoms with Gasteiger partial charge >= 0.3 is 15.2 Å². The van der Waals surface area contributed by atoms with Gasteiger partial charge < -0.3 is 9.71 Å². The van der Waals surface area contributed by atoms with Crippen molar-refractivity contribution in [2.75, 3.05) is 6.26 Å². The van der Waals surface area contributed by atoms with Crippen molar-refractivity contribution in [3.63, 3.8) is 0 Å². The highest BCUT2D eigenvalue weighted by atomic mass is 32.2. The van der Waals surface area contributed by atoms with Gasteiger partial charge in [0.2, 0.25) is 0 Å². The van der Waals surface area contributed by atoms with Crippen molar-refractivity contribution in [1.29, 1.82) is 0 Å². The van der Waals surface area contributed by atoms with Crippen LogP contribution in [0.25, 0.3) is 5.53 Å². The summed E-state index contributed by atoms with van der Waals surface area (Å²) in [5.41, 5.74) is 8.58. The maximum Gasteiger partial charge on any atom is 0.451 e. The normalized spacial score (nSPS) is 11.5. The van der Waals surface area contributed by atoms with Crippen molar-refractivity contribution >= 4 is 30.8 Å². The lowest BCUT2D eigenvalue weighted by atomic mass is 10.3. The molecule has 0 bridgehead atoms. The van der Waals surface area contributed by atoms with Gasteiger partial charge in [-0.15, -0.1) is 4.79 Å². The second-order valence-electron chi connectivity index (χ2n) is 3.72. The molecule has 1 aromatic carbocycles. The molecule has 0 fully saturated rings. The van der Waals surface area contributed by atoms with Crippen LogP contribution >= 0.6 is 0 Å². The topological polar surface area (TPSA) is 131 Å². The Kier molecular flexibility index (Phi) is 4.43. The van der Waals surface area contributed by atoms with Crippen LogP contribution in [0.1, 0.15) is 6.92 Å². The molecule has 0 saturated carbocycles. The number of nitrogens with zero attached hydrogens (tertiary/aromatic N) is 2. The van der Waals surface area contributed by atoms with E-state index in [2.05, 4.69) is 8.97 Å². The molecule has 0 unspecified atom stereocenters. The second-order valence-corrected chi connectivity index (χ2v) is 7.16. The van der Waals surface area contributed by atoms with Crippen molar-refractivity contribution < 1.29 is 30.6 Å². The Bertz CT molecular complexity index is 787. The summed E-state index contributed by atoms with van der Waals surface area (Å²) in [5.74, 6) is -1.01. The molecule has 10 heteroatoms. The molecule has 0 atom stereocenters. The van der Waals surface area contributed by atoms with Crippen LogP contribution in [0, 0.1) is 0 Å². The maximum absolute atomic E-state index is 11.9. The number of Topliss-reactive ketones (excluding diaryl/α,β-unsaturated/α-hetero) is 1. The predicted octanol–water partition coefficient (Wildman–Crippen LogP) is 0.0160. The van der Waals surface area contributed by atoms with Crippen LogP contribution < -0.4 is 4.18 Å². The van der Waals surface area contributed by atoms with Crippen molar-refractivity contribution in [1.82, 2.24) is 0 Å². The largest absolute Gasteiger partial charge is 0.451 e. The molecule has 0 saturated heterocycles. The van der Waals surface area contributed by atoms with E-state index in [0.717, 1.165) is 37.4 Å². The quantitative estimate of drug-likeness (QED) is 0.253. The van der Waals surface area contributed by atoms with E-state index in [1.807, 2.05) is 0 Å². The van der Waals surface area contributed by atoms with Gasteiger partial charge in [-0.3, -0.25) is 4.79 Å². The predicted molar refractivity (Wildman–Crippen MR) is 68.4 cm³/mol. The molecular weight excluding hydrogens is 308 g/mol. The lowest BCUT2D eigenvalue weighted by Gasteiger charge is -2.03. The van der Waals surface area contributed by atoms with Crippen molar-refractivity contribution in [2.24, 2.45) is 0 Å². The lowest BCUT2D eigenvalue weighted by molar-refractivity contribution is -0.114. The van der Waals surface area contributed by atoms with Gasteiger partial charge in [0.1, 0.15) is 5.75 Å². The van der Waals surface area contributed by atoms with Crippen LogP contribution in [-0.4, -0.2) is 38.7 Å². The SMILES string of the molecule is CC(=O)C(=[N+]=[N-])S(=O)(=O)c1ccc(OS(C)(=O)=O)cc1. The van der Waals surface area contributed by atoms with Crippen LogP contribution in [-0.2, 0) is 24.7 Å². The summed E-state index contributed by atoms with van der Waals surface area (Å²) >= 11 is 0. The van der Waals surface area contributed by atoms with Crippen molar-refractivity contribution in [2.45, 2.75) is 11.8 Å². The first-order valence-electron chi connectivity index (χ1n) is 5.05. The minimum atomic E-state index is -4.27. The first-order valence-corrected chi connectivity index (χ1v) is 8.35. The third-order valence-corrected chi connectivity index (χ3v) is 4.29. The highest BCUT2D eigenvalue weighted by molar-refractivity contribution is 8.08. The van der Waals surface area contributed by atoms with E-state index in [9.17, 15) is 21.6 Å². The summed E-state index contributed by atoms with van der Waals surface area (Å²) in [6, 6.07) is 4.26. The van der Waals surface area contributed by atoms with Gasteiger partial charge in [0, 0.05) is 6.92 Å². The molecule has 1 rings (SSSR count). The van der Waals surface area contributed by atoms with E-state index in [-0.39, 0.29) is 10.6 Å². The zero-order valence-corrected chi connectivity index (χ0v) is 12.1. The van der Waals surface area contributed by atoms with Crippen molar-refractivity contribution in [3.05, 3.63) is 29.8 Å². The Morgan fingerprint density at radius 1 is 1.15 bits per heavy atom. The van der Waals surface area contributed by atoms with Gasteiger partial charge in [0.25, 0.3) is 15.6 Å². The number of carbonyl (C=O) groups excluding carboxylic acids is 1. The highest BCUT2D eigenvalue weighted by Gasteiger charge is 2.34. The molecule has 0 aromatic heterocycles. The molecule has 0 N–H and O–H groups in total. The molecule has 0 amide bonds. The number of carbonyl (C=O) groups is 1. The Morgan fingerprint density at radius 3 is 2.00 bits per heavy atom. The first kappa shape index (κ1) is 16.0. The Hall–Kier alpha value is -2.03. The van der Waals surface area contributed by atoms with Gasteiger partial charge in [0.15, 0.2) is 0 Å². The van der Waals surface area contributed by atoms with E-state index in [1.165, 1.54) is 0 Å². The summed E-state index contributed by atoms with van der Waals surface area (Å²) in [6.45, 7) is 0.938. The zero-order valence-electron chi connectivity index (χ0n) is 10.5. The molecule has 0 aliphatic heterocycles. The summed E-state index contributed by atoms with van der Waals surface area (Å²) in [7, 11) is -7.99. The van der Waals surface area contributed by atoms with Crippen molar-refractivity contribution in [3.8, 4) is 5.75 Å². The second kappa shape index (κ2) is 5.53. The monoisotopic (exact) mass is 318 g/mol. The molecular formula is C10H10N2O6S2. The third kappa shape index (κ3) is 3.73. The summed E-state index contributed by atoms with van der Waals surface area (Å²) < 4.78 is 50.2. The molecule has 0 aliphatic carbocycles. The average molecular weight is 318 g/mol. The van der Waals surface area contributed by atoms with Crippen LogP contribution in [0.2, 0.25) is 0 Å². The van der Waals surface area contributed by atoms with E-state index in [0.29, 0.717) is 0 Å². The lowest BCUT2D eigenvalue weighted by Crippen LogP contribution is -2.23. The van der Waals surface area contributed by atoms with E-state index < -0.39 is 30.8 Å². The Morgan fingerprint density at radius 2 is 1.65 bits per heavy atom. The number of rotatable bonds is 4. The van der Waals surface area contributed by atoms with E-state index in [1.54, 1.807) is 0 Å². The van der Waals surface area contributed by atoms with Crippen LogP contribution in [0.15, 0.2) is 29.2 Å². The van der Waals surface area contributed by atoms with Crippen LogP contribution in [0.3, 0.4) is 0 Å². The molecule has 20 heavy (non-hydrogen) atoms. The minimum absolute atomic E-state index is 0.0863. The van der Waals surface area contributed by atoms with Crippen LogP contribution in [0.5, 0.6) is 5.75 Å². The molecule has 0 radical (unpaired) electrons. The molecule has 1 aromatic rings. The first-order chi connectivity index (χ1) is 9.08. The summed E-state index contributed by atoms with van der Waals surface area (Å²) in [6.07, 6.45) is 0.837. The highest BCUT2D eigenvalue weighted by Crippen LogP contribution is 2.18. The van der Waals surface area contributed by atoms with Gasteiger partial charge in [-0.1, -0.05) is 0 Å². The fraction of sp³-hybridized carbons (Fsp3) is 0.200. The van der Waals surface area contributed by atoms with Crippen LogP contribution in [0.4, 0.5) is 0 Å². The molecule has 8 nitrogen and oxygen atoms in total.